The quantitative estimate of drug-likeness (QED) is 0.929. The van der Waals surface area contributed by atoms with Gasteiger partial charge in [-0.1, -0.05) is 0 Å². The average molecular weight is 312 g/mol. The Kier molecular flexibility index (Phi) is 8.39. The summed E-state index contributed by atoms with van der Waals surface area (Å²) in [6.45, 7) is 7.77. The van der Waals surface area contributed by atoms with E-state index in [1.165, 1.54) is 30.1 Å². The standard InChI is InChI=1S/C12H21N3S.2ClH/c1-9(13)11-3-5-15(7-11)6-4-12-10(2)14-8-16-12;;/h8-9,11H,3-7,13H2,1-2H3;2*1H. The molecule has 0 aromatic carbocycles. The molecule has 1 aromatic rings. The SMILES string of the molecule is Cc1ncsc1CCN1CCC(C(C)N)C1.Cl.Cl. The van der Waals surface area contributed by atoms with E-state index < -0.39 is 0 Å². The molecule has 0 aliphatic carbocycles. The van der Waals surface area contributed by atoms with Gasteiger partial charge in [0.05, 0.1) is 11.2 Å². The smallest absolute Gasteiger partial charge is 0.0797 e. The largest absolute Gasteiger partial charge is 0.328 e. The number of nitrogens with zero attached hydrogens (tertiary/aromatic N) is 2. The zero-order chi connectivity index (χ0) is 11.5. The maximum Gasteiger partial charge on any atom is 0.0797 e. The number of aromatic nitrogens is 1. The van der Waals surface area contributed by atoms with Crippen LogP contribution >= 0.6 is 36.2 Å². The van der Waals surface area contributed by atoms with Gasteiger partial charge in [0.2, 0.25) is 0 Å². The highest BCUT2D eigenvalue weighted by Gasteiger charge is 2.24. The topological polar surface area (TPSA) is 42.2 Å². The van der Waals surface area contributed by atoms with Crippen LogP contribution in [0.15, 0.2) is 5.51 Å². The van der Waals surface area contributed by atoms with Crippen molar-refractivity contribution in [2.45, 2.75) is 32.7 Å². The summed E-state index contributed by atoms with van der Waals surface area (Å²) in [6.07, 6.45) is 2.40. The summed E-state index contributed by atoms with van der Waals surface area (Å²) in [4.78, 5) is 8.25. The van der Waals surface area contributed by atoms with Crippen molar-refractivity contribution in [1.82, 2.24) is 9.88 Å². The molecule has 0 bridgehead atoms. The third kappa shape index (κ3) is 4.67. The Hall–Kier alpha value is 0.130. The highest BCUT2D eigenvalue weighted by atomic mass is 35.5. The van der Waals surface area contributed by atoms with Gasteiger partial charge in [-0.15, -0.1) is 36.2 Å². The van der Waals surface area contributed by atoms with Gasteiger partial charge in [-0.05, 0) is 39.2 Å². The Morgan fingerprint density at radius 1 is 1.56 bits per heavy atom. The van der Waals surface area contributed by atoms with Crippen molar-refractivity contribution < 1.29 is 0 Å². The van der Waals surface area contributed by atoms with Crippen molar-refractivity contribution in [3.8, 4) is 0 Å². The fourth-order valence-electron chi connectivity index (χ4n) is 2.32. The summed E-state index contributed by atoms with van der Waals surface area (Å²) in [5.41, 5.74) is 9.09. The lowest BCUT2D eigenvalue weighted by Gasteiger charge is -2.17. The van der Waals surface area contributed by atoms with E-state index in [1.54, 1.807) is 11.3 Å². The second-order valence-corrected chi connectivity index (χ2v) is 5.76. The molecule has 0 radical (unpaired) electrons. The maximum absolute atomic E-state index is 5.94. The lowest BCUT2D eigenvalue weighted by atomic mass is 10.0. The first-order chi connectivity index (χ1) is 7.66. The van der Waals surface area contributed by atoms with Crippen LogP contribution in [0.5, 0.6) is 0 Å². The van der Waals surface area contributed by atoms with Gasteiger partial charge < -0.3 is 10.6 Å². The van der Waals surface area contributed by atoms with Crippen LogP contribution in [0.1, 0.15) is 23.9 Å². The number of hydrogen-bond donors (Lipinski definition) is 1. The predicted molar refractivity (Wildman–Crippen MR) is 83.2 cm³/mol. The van der Waals surface area contributed by atoms with Gasteiger partial charge in [0.1, 0.15) is 0 Å². The normalized spacial score (nSPS) is 21.2. The molecule has 106 valence electrons. The number of halogens is 2. The average Bonchev–Trinajstić information content (AvgIpc) is 2.83. The van der Waals surface area contributed by atoms with Crippen molar-refractivity contribution in [1.29, 1.82) is 0 Å². The molecule has 0 saturated carbocycles. The minimum atomic E-state index is 0. The summed E-state index contributed by atoms with van der Waals surface area (Å²) in [7, 11) is 0. The lowest BCUT2D eigenvalue weighted by Crippen LogP contribution is -2.30. The number of rotatable bonds is 4. The molecule has 0 amide bonds. The molecule has 1 fully saturated rings. The van der Waals surface area contributed by atoms with Gasteiger partial charge in [-0.25, -0.2) is 4.98 Å². The van der Waals surface area contributed by atoms with Crippen molar-refractivity contribution in [3.63, 3.8) is 0 Å². The Bertz CT molecular complexity index is 344. The van der Waals surface area contributed by atoms with E-state index in [0.29, 0.717) is 12.0 Å². The van der Waals surface area contributed by atoms with Crippen LogP contribution in [-0.4, -0.2) is 35.6 Å². The number of hydrogen-bond acceptors (Lipinski definition) is 4. The van der Waals surface area contributed by atoms with Crippen molar-refractivity contribution in [2.24, 2.45) is 11.7 Å². The van der Waals surface area contributed by atoms with E-state index >= 15 is 0 Å². The van der Waals surface area contributed by atoms with Gasteiger partial charge in [0.25, 0.3) is 0 Å². The fourth-order valence-corrected chi connectivity index (χ4v) is 3.09. The van der Waals surface area contributed by atoms with Crippen molar-refractivity contribution in [2.75, 3.05) is 19.6 Å². The van der Waals surface area contributed by atoms with Crippen LogP contribution in [0.25, 0.3) is 0 Å². The van der Waals surface area contributed by atoms with Crippen LogP contribution < -0.4 is 5.73 Å². The van der Waals surface area contributed by atoms with E-state index in [1.807, 2.05) is 5.51 Å². The van der Waals surface area contributed by atoms with E-state index in [0.717, 1.165) is 13.0 Å². The third-order valence-electron chi connectivity index (χ3n) is 3.55. The highest BCUT2D eigenvalue weighted by molar-refractivity contribution is 7.09. The zero-order valence-corrected chi connectivity index (χ0v) is 13.4. The molecule has 3 nitrogen and oxygen atoms in total. The highest BCUT2D eigenvalue weighted by Crippen LogP contribution is 2.20. The minimum absolute atomic E-state index is 0. The van der Waals surface area contributed by atoms with Crippen molar-refractivity contribution in [3.05, 3.63) is 16.1 Å². The third-order valence-corrected chi connectivity index (χ3v) is 4.55. The minimum Gasteiger partial charge on any atom is -0.328 e. The Labute approximate surface area is 126 Å². The molecule has 1 saturated heterocycles. The van der Waals surface area contributed by atoms with Crippen LogP contribution in [-0.2, 0) is 6.42 Å². The summed E-state index contributed by atoms with van der Waals surface area (Å²) < 4.78 is 0. The fraction of sp³-hybridized carbons (Fsp3) is 0.750. The number of likely N-dealkylation sites (tertiary alicyclic amines) is 1. The van der Waals surface area contributed by atoms with Crippen LogP contribution in [0, 0.1) is 12.8 Å². The monoisotopic (exact) mass is 311 g/mol. The van der Waals surface area contributed by atoms with Gasteiger partial charge in [-0.3, -0.25) is 0 Å². The molecular weight excluding hydrogens is 289 g/mol. The molecule has 0 spiro atoms. The molecular formula is C12H23Cl2N3S. The molecule has 2 rings (SSSR count). The summed E-state index contributed by atoms with van der Waals surface area (Å²) in [5, 5.41) is 0. The summed E-state index contributed by atoms with van der Waals surface area (Å²) >= 11 is 1.78. The van der Waals surface area contributed by atoms with Gasteiger partial charge in [-0.2, -0.15) is 0 Å². The molecule has 2 unspecified atom stereocenters. The molecule has 2 N–H and O–H groups in total. The molecule has 18 heavy (non-hydrogen) atoms. The van der Waals surface area contributed by atoms with Crippen LogP contribution in [0.4, 0.5) is 0 Å². The van der Waals surface area contributed by atoms with Crippen LogP contribution in [0.2, 0.25) is 0 Å². The Morgan fingerprint density at radius 3 is 2.78 bits per heavy atom. The first-order valence-corrected chi connectivity index (χ1v) is 6.91. The molecule has 2 heterocycles. The van der Waals surface area contributed by atoms with E-state index in [2.05, 4.69) is 23.7 Å². The number of nitrogens with two attached hydrogens (primary N) is 1. The van der Waals surface area contributed by atoms with Crippen molar-refractivity contribution >= 4 is 36.2 Å². The van der Waals surface area contributed by atoms with Crippen LogP contribution in [0.3, 0.4) is 0 Å². The molecule has 1 aliphatic heterocycles. The molecule has 2 atom stereocenters. The van der Waals surface area contributed by atoms with Gasteiger partial charge >= 0.3 is 0 Å². The van der Waals surface area contributed by atoms with E-state index in [-0.39, 0.29) is 24.8 Å². The number of thiazole rings is 1. The first kappa shape index (κ1) is 18.1. The maximum atomic E-state index is 5.94. The lowest BCUT2D eigenvalue weighted by molar-refractivity contribution is 0.320. The van der Waals surface area contributed by atoms with Gasteiger partial charge in [0, 0.05) is 24.0 Å². The second-order valence-electron chi connectivity index (χ2n) is 4.82. The molecule has 1 aromatic heterocycles. The summed E-state index contributed by atoms with van der Waals surface area (Å²) in [6, 6.07) is 0.343. The second kappa shape index (κ2) is 8.33. The number of aryl methyl sites for hydroxylation is 1. The van der Waals surface area contributed by atoms with E-state index in [9.17, 15) is 0 Å². The predicted octanol–water partition coefficient (Wildman–Crippen LogP) is 2.51. The van der Waals surface area contributed by atoms with Gasteiger partial charge in [0.15, 0.2) is 0 Å². The Morgan fingerprint density at radius 2 is 2.28 bits per heavy atom. The van der Waals surface area contributed by atoms with E-state index in [4.69, 9.17) is 5.73 Å². The first-order valence-electron chi connectivity index (χ1n) is 6.03. The summed E-state index contributed by atoms with van der Waals surface area (Å²) in [5.74, 6) is 0.697. The Balaban J connectivity index is 0.00000144. The molecule has 6 heteroatoms. The zero-order valence-electron chi connectivity index (χ0n) is 11.0. The molecule has 1 aliphatic rings.